The maximum absolute atomic E-state index is 11.9. The van der Waals surface area contributed by atoms with Crippen molar-refractivity contribution in [3.63, 3.8) is 0 Å². The number of methoxy groups -OCH3 is 2. The third-order valence-electron chi connectivity index (χ3n) is 3.17. The maximum Gasteiger partial charge on any atom is 0.252 e. The van der Waals surface area contributed by atoms with Gasteiger partial charge in [-0.05, 0) is 29.8 Å². The lowest BCUT2D eigenvalue weighted by Crippen LogP contribution is -2.28. The molecule has 6 nitrogen and oxygen atoms in total. The van der Waals surface area contributed by atoms with Gasteiger partial charge in [0.05, 0.1) is 25.9 Å². The number of aliphatic hydroxyl groups is 1. The standard InChI is InChI=1S/C16H18N2O4/c1-21-14-6-5-11(8-15(14)22-2)13(19)10-18-16(20)12-4-3-7-17-9-12/h3-9,13,19H,10H2,1-2H3,(H,18,20). The van der Waals surface area contributed by atoms with E-state index in [4.69, 9.17) is 9.47 Å². The van der Waals surface area contributed by atoms with Gasteiger partial charge < -0.3 is 19.9 Å². The van der Waals surface area contributed by atoms with Gasteiger partial charge in [0, 0.05) is 18.9 Å². The Morgan fingerprint density at radius 1 is 1.27 bits per heavy atom. The van der Waals surface area contributed by atoms with Crippen molar-refractivity contribution in [1.82, 2.24) is 10.3 Å². The number of benzene rings is 1. The Kier molecular flexibility index (Phi) is 5.32. The average Bonchev–Trinajstić information content (AvgIpc) is 2.59. The van der Waals surface area contributed by atoms with Crippen molar-refractivity contribution in [3.8, 4) is 11.5 Å². The quantitative estimate of drug-likeness (QED) is 0.846. The first-order valence-corrected chi connectivity index (χ1v) is 6.74. The van der Waals surface area contributed by atoms with Crippen LogP contribution < -0.4 is 14.8 Å². The van der Waals surface area contributed by atoms with Crippen molar-refractivity contribution in [2.75, 3.05) is 20.8 Å². The molecule has 1 atom stereocenters. The van der Waals surface area contributed by atoms with Gasteiger partial charge >= 0.3 is 0 Å². The highest BCUT2D eigenvalue weighted by molar-refractivity contribution is 5.93. The molecule has 1 amide bonds. The fourth-order valence-electron chi connectivity index (χ4n) is 1.97. The number of aromatic nitrogens is 1. The normalized spacial score (nSPS) is 11.6. The fourth-order valence-corrected chi connectivity index (χ4v) is 1.97. The molecule has 116 valence electrons. The van der Waals surface area contributed by atoms with Gasteiger partial charge in [0.15, 0.2) is 11.5 Å². The zero-order chi connectivity index (χ0) is 15.9. The first kappa shape index (κ1) is 15.8. The number of nitrogens with zero attached hydrogens (tertiary/aromatic N) is 1. The predicted octanol–water partition coefficient (Wildman–Crippen LogP) is 1.56. The third-order valence-corrected chi connectivity index (χ3v) is 3.17. The molecule has 0 aliphatic heterocycles. The number of amides is 1. The number of pyridine rings is 1. The highest BCUT2D eigenvalue weighted by Gasteiger charge is 2.13. The van der Waals surface area contributed by atoms with Crippen molar-refractivity contribution in [1.29, 1.82) is 0 Å². The van der Waals surface area contributed by atoms with Crippen molar-refractivity contribution < 1.29 is 19.4 Å². The summed E-state index contributed by atoms with van der Waals surface area (Å²) in [4.78, 5) is 15.8. The van der Waals surface area contributed by atoms with Crippen LogP contribution in [0, 0.1) is 0 Å². The molecule has 2 rings (SSSR count). The molecule has 0 saturated carbocycles. The Balaban J connectivity index is 2.00. The number of rotatable bonds is 6. The van der Waals surface area contributed by atoms with Crippen molar-refractivity contribution in [2.45, 2.75) is 6.10 Å². The van der Waals surface area contributed by atoms with Crippen LogP contribution in [0.3, 0.4) is 0 Å². The van der Waals surface area contributed by atoms with Crippen LogP contribution in [0.25, 0.3) is 0 Å². The molecule has 22 heavy (non-hydrogen) atoms. The zero-order valence-electron chi connectivity index (χ0n) is 12.4. The summed E-state index contributed by atoms with van der Waals surface area (Å²) in [6, 6.07) is 8.45. The van der Waals surface area contributed by atoms with E-state index in [1.54, 1.807) is 43.6 Å². The first-order chi connectivity index (χ1) is 10.7. The van der Waals surface area contributed by atoms with E-state index in [-0.39, 0.29) is 12.5 Å². The van der Waals surface area contributed by atoms with Gasteiger partial charge in [-0.1, -0.05) is 6.07 Å². The minimum absolute atomic E-state index is 0.0865. The predicted molar refractivity (Wildman–Crippen MR) is 81.1 cm³/mol. The molecule has 1 aromatic carbocycles. The largest absolute Gasteiger partial charge is 0.493 e. The van der Waals surface area contributed by atoms with Gasteiger partial charge in [-0.2, -0.15) is 0 Å². The third kappa shape index (κ3) is 3.73. The molecule has 2 N–H and O–H groups in total. The lowest BCUT2D eigenvalue weighted by Gasteiger charge is -2.15. The smallest absolute Gasteiger partial charge is 0.252 e. The molecule has 0 fully saturated rings. The molecule has 0 aliphatic rings. The summed E-state index contributed by atoms with van der Waals surface area (Å²) in [5, 5.41) is 12.8. The lowest BCUT2D eigenvalue weighted by atomic mass is 10.1. The van der Waals surface area contributed by atoms with Gasteiger partial charge in [0.2, 0.25) is 0 Å². The summed E-state index contributed by atoms with van der Waals surface area (Å²) in [5.74, 6) is 0.822. The number of nitrogens with one attached hydrogen (secondary N) is 1. The Labute approximate surface area is 128 Å². The second-order valence-electron chi connectivity index (χ2n) is 4.58. The molecule has 6 heteroatoms. The van der Waals surface area contributed by atoms with Crippen LogP contribution in [0.15, 0.2) is 42.7 Å². The van der Waals surface area contributed by atoms with Crippen molar-refractivity contribution in [3.05, 3.63) is 53.9 Å². The molecule has 0 saturated heterocycles. The number of aliphatic hydroxyl groups excluding tert-OH is 1. The fraction of sp³-hybridized carbons (Fsp3) is 0.250. The number of carbonyl (C=O) groups excluding carboxylic acids is 1. The molecule has 2 aromatic rings. The molecule has 0 radical (unpaired) electrons. The van der Waals surface area contributed by atoms with E-state index in [9.17, 15) is 9.90 Å². The van der Waals surface area contributed by atoms with E-state index in [0.717, 1.165) is 0 Å². The van der Waals surface area contributed by atoms with Gasteiger partial charge in [-0.25, -0.2) is 0 Å². The van der Waals surface area contributed by atoms with Crippen LogP contribution in [-0.2, 0) is 0 Å². The molecular weight excluding hydrogens is 284 g/mol. The summed E-state index contributed by atoms with van der Waals surface area (Å²) < 4.78 is 10.3. The van der Waals surface area contributed by atoms with Gasteiger partial charge in [-0.15, -0.1) is 0 Å². The minimum Gasteiger partial charge on any atom is -0.493 e. The molecule has 1 unspecified atom stereocenters. The highest BCUT2D eigenvalue weighted by Crippen LogP contribution is 2.29. The number of ether oxygens (including phenoxy) is 2. The average molecular weight is 302 g/mol. The topological polar surface area (TPSA) is 80.7 Å². The SMILES string of the molecule is COc1ccc(C(O)CNC(=O)c2cccnc2)cc1OC. The second-order valence-corrected chi connectivity index (χ2v) is 4.58. The van der Waals surface area contributed by atoms with Gasteiger partial charge in [0.1, 0.15) is 0 Å². The maximum atomic E-state index is 11.9. The monoisotopic (exact) mass is 302 g/mol. The molecular formula is C16H18N2O4. The Bertz CT molecular complexity index is 631. The van der Waals surface area contributed by atoms with Crippen LogP contribution >= 0.6 is 0 Å². The summed E-state index contributed by atoms with van der Waals surface area (Å²) in [7, 11) is 3.07. The van der Waals surface area contributed by atoms with E-state index in [1.165, 1.54) is 13.3 Å². The summed E-state index contributed by atoms with van der Waals surface area (Å²) in [5.41, 5.74) is 1.08. The van der Waals surface area contributed by atoms with E-state index in [2.05, 4.69) is 10.3 Å². The van der Waals surface area contributed by atoms with Crippen LogP contribution in [0.4, 0.5) is 0 Å². The molecule has 0 bridgehead atoms. The van der Waals surface area contributed by atoms with Crippen LogP contribution in [0.1, 0.15) is 22.0 Å². The number of hydrogen-bond acceptors (Lipinski definition) is 5. The molecule has 1 heterocycles. The number of carbonyl (C=O) groups is 1. The van der Waals surface area contributed by atoms with Crippen LogP contribution in [0.5, 0.6) is 11.5 Å². The minimum atomic E-state index is -0.847. The lowest BCUT2D eigenvalue weighted by molar-refractivity contribution is 0.0916. The van der Waals surface area contributed by atoms with E-state index in [0.29, 0.717) is 22.6 Å². The number of hydrogen-bond donors (Lipinski definition) is 2. The molecule has 0 aliphatic carbocycles. The van der Waals surface area contributed by atoms with Crippen molar-refractivity contribution in [2.24, 2.45) is 0 Å². The summed E-state index contributed by atoms with van der Waals surface area (Å²) in [6.07, 6.45) is 2.22. The van der Waals surface area contributed by atoms with E-state index < -0.39 is 6.10 Å². The van der Waals surface area contributed by atoms with E-state index in [1.807, 2.05) is 0 Å². The molecule has 1 aromatic heterocycles. The van der Waals surface area contributed by atoms with Crippen LogP contribution in [0.2, 0.25) is 0 Å². The molecule has 0 spiro atoms. The second kappa shape index (κ2) is 7.42. The summed E-state index contributed by atoms with van der Waals surface area (Å²) >= 11 is 0. The van der Waals surface area contributed by atoms with Crippen LogP contribution in [-0.4, -0.2) is 36.8 Å². The Morgan fingerprint density at radius 3 is 2.68 bits per heavy atom. The highest BCUT2D eigenvalue weighted by atomic mass is 16.5. The van der Waals surface area contributed by atoms with Gasteiger partial charge in [-0.3, -0.25) is 9.78 Å². The summed E-state index contributed by atoms with van der Waals surface area (Å²) in [6.45, 7) is 0.0865. The zero-order valence-corrected chi connectivity index (χ0v) is 12.4. The Hall–Kier alpha value is -2.60. The Morgan fingerprint density at radius 2 is 2.05 bits per heavy atom. The van der Waals surface area contributed by atoms with Gasteiger partial charge in [0.25, 0.3) is 5.91 Å². The van der Waals surface area contributed by atoms with E-state index >= 15 is 0 Å². The first-order valence-electron chi connectivity index (χ1n) is 6.74. The van der Waals surface area contributed by atoms with Crippen molar-refractivity contribution >= 4 is 5.91 Å².